The first-order valence-electron chi connectivity index (χ1n) is 6.89. The number of nitrogens with two attached hydrogens (primary N) is 2. The van der Waals surface area contributed by atoms with E-state index in [1.165, 1.54) is 37.7 Å². The number of ether oxygens (including phenoxy) is 1. The first kappa shape index (κ1) is 13.4. The van der Waals surface area contributed by atoms with Gasteiger partial charge in [0.2, 0.25) is 0 Å². The van der Waals surface area contributed by atoms with Gasteiger partial charge in [0.05, 0.1) is 7.11 Å². The zero-order chi connectivity index (χ0) is 13.0. The van der Waals surface area contributed by atoms with Gasteiger partial charge < -0.3 is 16.2 Å². The topological polar surface area (TPSA) is 61.3 Å². The lowest BCUT2D eigenvalue weighted by molar-refractivity contribution is 0.386. The summed E-state index contributed by atoms with van der Waals surface area (Å²) < 4.78 is 5.49. The largest absolute Gasteiger partial charge is 0.496 e. The van der Waals surface area contributed by atoms with Crippen LogP contribution in [0.2, 0.25) is 0 Å². The molecule has 4 N–H and O–H groups in total. The van der Waals surface area contributed by atoms with Gasteiger partial charge in [0, 0.05) is 12.6 Å². The predicted molar refractivity (Wildman–Crippen MR) is 74.8 cm³/mol. The van der Waals surface area contributed by atoms with Crippen molar-refractivity contribution in [3.8, 4) is 5.75 Å². The molecule has 0 aromatic heterocycles. The molecule has 0 bridgehead atoms. The van der Waals surface area contributed by atoms with Crippen molar-refractivity contribution in [3.05, 3.63) is 29.3 Å². The molecule has 1 atom stereocenters. The molecule has 0 amide bonds. The Hall–Kier alpha value is -1.06. The average Bonchev–Trinajstić information content (AvgIpc) is 2.46. The molecule has 1 fully saturated rings. The summed E-state index contributed by atoms with van der Waals surface area (Å²) in [5.41, 5.74) is 14.1. The molecule has 3 nitrogen and oxygen atoms in total. The first-order chi connectivity index (χ1) is 8.76. The Bertz CT molecular complexity index is 386. The van der Waals surface area contributed by atoms with E-state index >= 15 is 0 Å². The fraction of sp³-hybridized carbons (Fsp3) is 0.600. The SMILES string of the molecule is COc1ccc(C(N)CN)cc1C1CCCCC1. The molecule has 2 rings (SSSR count). The highest BCUT2D eigenvalue weighted by atomic mass is 16.5. The second-order valence-electron chi connectivity index (χ2n) is 5.18. The van der Waals surface area contributed by atoms with Crippen LogP contribution in [0, 0.1) is 0 Å². The molecule has 18 heavy (non-hydrogen) atoms. The van der Waals surface area contributed by atoms with E-state index in [-0.39, 0.29) is 6.04 Å². The van der Waals surface area contributed by atoms with Crippen molar-refractivity contribution in [3.63, 3.8) is 0 Å². The molecule has 1 aromatic carbocycles. The average molecular weight is 248 g/mol. The minimum absolute atomic E-state index is 0.0711. The van der Waals surface area contributed by atoms with Gasteiger partial charge >= 0.3 is 0 Å². The maximum atomic E-state index is 6.02. The Labute approximate surface area is 110 Å². The Kier molecular flexibility index (Phi) is 4.61. The maximum absolute atomic E-state index is 6.02. The molecule has 1 aliphatic rings. The normalized spacial score (nSPS) is 18.6. The molecule has 1 aliphatic carbocycles. The summed E-state index contributed by atoms with van der Waals surface area (Å²) in [7, 11) is 1.74. The summed E-state index contributed by atoms with van der Waals surface area (Å²) in [5.74, 6) is 1.62. The standard InChI is InChI=1S/C15H24N2O/c1-18-15-8-7-12(14(17)10-16)9-13(15)11-5-3-2-4-6-11/h7-9,11,14H,2-6,10,16-17H2,1H3. The van der Waals surface area contributed by atoms with E-state index in [1.54, 1.807) is 7.11 Å². The van der Waals surface area contributed by atoms with Gasteiger partial charge in [0.25, 0.3) is 0 Å². The Balaban J connectivity index is 2.29. The lowest BCUT2D eigenvalue weighted by Crippen LogP contribution is -2.21. The van der Waals surface area contributed by atoms with E-state index in [0.29, 0.717) is 12.5 Å². The smallest absolute Gasteiger partial charge is 0.122 e. The molecule has 1 saturated carbocycles. The van der Waals surface area contributed by atoms with Crippen LogP contribution in [0.25, 0.3) is 0 Å². The highest BCUT2D eigenvalue weighted by Gasteiger charge is 2.20. The quantitative estimate of drug-likeness (QED) is 0.861. The van der Waals surface area contributed by atoms with Gasteiger partial charge in [-0.25, -0.2) is 0 Å². The van der Waals surface area contributed by atoms with Crippen LogP contribution < -0.4 is 16.2 Å². The fourth-order valence-corrected chi connectivity index (χ4v) is 2.85. The number of benzene rings is 1. The number of hydrogen-bond acceptors (Lipinski definition) is 3. The van der Waals surface area contributed by atoms with E-state index in [4.69, 9.17) is 16.2 Å². The molecule has 0 saturated heterocycles. The van der Waals surface area contributed by atoms with Gasteiger partial charge in [-0.3, -0.25) is 0 Å². The van der Waals surface area contributed by atoms with Crippen molar-refractivity contribution >= 4 is 0 Å². The van der Waals surface area contributed by atoms with Crippen molar-refractivity contribution in [2.24, 2.45) is 11.5 Å². The highest BCUT2D eigenvalue weighted by Crippen LogP contribution is 2.38. The summed E-state index contributed by atoms with van der Waals surface area (Å²) in [5, 5.41) is 0. The lowest BCUT2D eigenvalue weighted by Gasteiger charge is -2.25. The second-order valence-corrected chi connectivity index (χ2v) is 5.18. The molecular formula is C15H24N2O. The summed E-state index contributed by atoms with van der Waals surface area (Å²) in [4.78, 5) is 0. The van der Waals surface area contributed by atoms with E-state index in [0.717, 1.165) is 11.3 Å². The van der Waals surface area contributed by atoms with Crippen LogP contribution in [0.5, 0.6) is 5.75 Å². The molecule has 0 aliphatic heterocycles. The number of methoxy groups -OCH3 is 1. The summed E-state index contributed by atoms with van der Waals surface area (Å²) in [6, 6.07) is 6.20. The van der Waals surface area contributed by atoms with Gasteiger partial charge in [-0.1, -0.05) is 31.4 Å². The zero-order valence-corrected chi connectivity index (χ0v) is 11.2. The molecule has 0 heterocycles. The summed E-state index contributed by atoms with van der Waals surface area (Å²) >= 11 is 0. The van der Waals surface area contributed by atoms with Crippen molar-refractivity contribution < 1.29 is 4.74 Å². The van der Waals surface area contributed by atoms with E-state index in [9.17, 15) is 0 Å². The minimum atomic E-state index is -0.0711. The van der Waals surface area contributed by atoms with Crippen LogP contribution in [0.1, 0.15) is 55.2 Å². The van der Waals surface area contributed by atoms with E-state index in [2.05, 4.69) is 6.07 Å². The van der Waals surface area contributed by atoms with Crippen LogP contribution >= 0.6 is 0 Å². The molecular weight excluding hydrogens is 224 g/mol. The Morgan fingerprint density at radius 1 is 1.28 bits per heavy atom. The van der Waals surface area contributed by atoms with Crippen molar-refractivity contribution in [1.82, 2.24) is 0 Å². The van der Waals surface area contributed by atoms with Gasteiger partial charge in [-0.15, -0.1) is 0 Å². The Morgan fingerprint density at radius 3 is 2.61 bits per heavy atom. The van der Waals surface area contributed by atoms with E-state index in [1.807, 2.05) is 12.1 Å². The van der Waals surface area contributed by atoms with Gasteiger partial charge in [0.1, 0.15) is 5.75 Å². The van der Waals surface area contributed by atoms with Crippen LogP contribution in [-0.2, 0) is 0 Å². The molecule has 1 aromatic rings. The third-order valence-corrected chi connectivity index (χ3v) is 3.98. The van der Waals surface area contributed by atoms with Crippen molar-refractivity contribution in [2.45, 2.75) is 44.1 Å². The molecule has 1 unspecified atom stereocenters. The number of rotatable bonds is 4. The van der Waals surface area contributed by atoms with Gasteiger partial charge in [0.15, 0.2) is 0 Å². The summed E-state index contributed by atoms with van der Waals surface area (Å²) in [6.07, 6.45) is 6.53. The fourth-order valence-electron chi connectivity index (χ4n) is 2.85. The molecule has 100 valence electrons. The van der Waals surface area contributed by atoms with Crippen LogP contribution in [0.3, 0.4) is 0 Å². The van der Waals surface area contributed by atoms with Crippen LogP contribution in [0.15, 0.2) is 18.2 Å². The minimum Gasteiger partial charge on any atom is -0.496 e. The maximum Gasteiger partial charge on any atom is 0.122 e. The Morgan fingerprint density at radius 2 is 2.00 bits per heavy atom. The van der Waals surface area contributed by atoms with Crippen molar-refractivity contribution in [2.75, 3.05) is 13.7 Å². The summed E-state index contributed by atoms with van der Waals surface area (Å²) in [6.45, 7) is 0.483. The third-order valence-electron chi connectivity index (χ3n) is 3.98. The lowest BCUT2D eigenvalue weighted by atomic mass is 9.82. The predicted octanol–water partition coefficient (Wildman–Crippen LogP) is 2.70. The van der Waals surface area contributed by atoms with Crippen LogP contribution in [0.4, 0.5) is 0 Å². The third kappa shape index (κ3) is 2.85. The van der Waals surface area contributed by atoms with Crippen molar-refractivity contribution in [1.29, 1.82) is 0 Å². The number of hydrogen-bond donors (Lipinski definition) is 2. The molecule has 0 radical (unpaired) electrons. The van der Waals surface area contributed by atoms with E-state index < -0.39 is 0 Å². The molecule has 3 heteroatoms. The van der Waals surface area contributed by atoms with Gasteiger partial charge in [-0.05, 0) is 36.0 Å². The highest BCUT2D eigenvalue weighted by molar-refractivity contribution is 5.41. The first-order valence-corrected chi connectivity index (χ1v) is 6.89. The zero-order valence-electron chi connectivity index (χ0n) is 11.2. The van der Waals surface area contributed by atoms with Crippen LogP contribution in [-0.4, -0.2) is 13.7 Å². The molecule has 0 spiro atoms. The monoisotopic (exact) mass is 248 g/mol. The second kappa shape index (κ2) is 6.21. The van der Waals surface area contributed by atoms with Gasteiger partial charge in [-0.2, -0.15) is 0 Å².